The Labute approximate surface area is 154 Å². The van der Waals surface area contributed by atoms with Gasteiger partial charge in [0, 0.05) is 42.9 Å². The molecule has 3 rings (SSSR count). The lowest BCUT2D eigenvalue weighted by Crippen LogP contribution is -2.36. The lowest BCUT2D eigenvalue weighted by atomic mass is 10.1. The van der Waals surface area contributed by atoms with Gasteiger partial charge in [-0.3, -0.25) is 9.59 Å². The summed E-state index contributed by atoms with van der Waals surface area (Å²) >= 11 is 5.87. The SMILES string of the molecule is O=C(CCCc1ccc(Cl)cc1)NC[C@@H]1CC(=O)N(C2CCCC2)C1. The third-order valence-electron chi connectivity index (χ3n) is 5.37. The highest BCUT2D eigenvalue weighted by Gasteiger charge is 2.35. The average Bonchev–Trinajstić information content (AvgIpc) is 3.24. The summed E-state index contributed by atoms with van der Waals surface area (Å²) in [5.74, 6) is 0.628. The van der Waals surface area contributed by atoms with Gasteiger partial charge < -0.3 is 10.2 Å². The fourth-order valence-corrected chi connectivity index (χ4v) is 4.09. The van der Waals surface area contributed by atoms with Gasteiger partial charge in [0.2, 0.25) is 11.8 Å². The van der Waals surface area contributed by atoms with Gasteiger partial charge in [0.25, 0.3) is 0 Å². The maximum atomic E-state index is 12.2. The summed E-state index contributed by atoms with van der Waals surface area (Å²) in [5.41, 5.74) is 1.20. The number of aryl methyl sites for hydroxylation is 1. The van der Waals surface area contributed by atoms with Gasteiger partial charge in [0.15, 0.2) is 0 Å². The number of benzene rings is 1. The lowest BCUT2D eigenvalue weighted by Gasteiger charge is -2.24. The van der Waals surface area contributed by atoms with Crippen molar-refractivity contribution in [3.8, 4) is 0 Å². The highest BCUT2D eigenvalue weighted by molar-refractivity contribution is 6.30. The van der Waals surface area contributed by atoms with Crippen molar-refractivity contribution in [2.75, 3.05) is 13.1 Å². The van der Waals surface area contributed by atoms with Crippen LogP contribution in [0.3, 0.4) is 0 Å². The summed E-state index contributed by atoms with van der Waals surface area (Å²) in [6.07, 6.45) is 7.59. The second-order valence-corrected chi connectivity index (χ2v) is 7.78. The van der Waals surface area contributed by atoms with Gasteiger partial charge in [-0.15, -0.1) is 0 Å². The molecule has 1 aromatic rings. The largest absolute Gasteiger partial charge is 0.356 e. The van der Waals surface area contributed by atoms with Crippen LogP contribution in [-0.4, -0.2) is 35.8 Å². The van der Waals surface area contributed by atoms with E-state index in [0.717, 1.165) is 37.3 Å². The number of nitrogens with one attached hydrogen (secondary N) is 1. The summed E-state index contributed by atoms with van der Waals surface area (Å²) in [7, 11) is 0. The Morgan fingerprint density at radius 1 is 1.20 bits per heavy atom. The van der Waals surface area contributed by atoms with E-state index in [9.17, 15) is 9.59 Å². The molecule has 5 heteroatoms. The first-order chi connectivity index (χ1) is 12.1. The van der Waals surface area contributed by atoms with Crippen molar-refractivity contribution in [1.82, 2.24) is 10.2 Å². The predicted molar refractivity (Wildman–Crippen MR) is 99.5 cm³/mol. The van der Waals surface area contributed by atoms with Crippen molar-refractivity contribution < 1.29 is 9.59 Å². The van der Waals surface area contributed by atoms with Gasteiger partial charge in [0.05, 0.1) is 0 Å². The van der Waals surface area contributed by atoms with Gasteiger partial charge in [-0.05, 0) is 43.4 Å². The third kappa shape index (κ3) is 5.21. The van der Waals surface area contributed by atoms with Gasteiger partial charge >= 0.3 is 0 Å². The highest BCUT2D eigenvalue weighted by Crippen LogP contribution is 2.29. The molecule has 25 heavy (non-hydrogen) atoms. The molecule has 1 saturated heterocycles. The van der Waals surface area contributed by atoms with E-state index in [4.69, 9.17) is 11.6 Å². The van der Waals surface area contributed by atoms with E-state index in [1.54, 1.807) is 0 Å². The number of amides is 2. The third-order valence-corrected chi connectivity index (χ3v) is 5.63. The van der Waals surface area contributed by atoms with Crippen LogP contribution >= 0.6 is 11.6 Å². The van der Waals surface area contributed by atoms with Crippen LogP contribution in [-0.2, 0) is 16.0 Å². The van der Waals surface area contributed by atoms with Crippen LogP contribution in [0.15, 0.2) is 24.3 Å². The van der Waals surface area contributed by atoms with Crippen LogP contribution in [0.25, 0.3) is 0 Å². The fraction of sp³-hybridized carbons (Fsp3) is 0.600. The Balaban J connectivity index is 1.33. The monoisotopic (exact) mass is 362 g/mol. The molecule has 0 bridgehead atoms. The van der Waals surface area contributed by atoms with E-state index < -0.39 is 0 Å². The predicted octanol–water partition coefficient (Wildman–Crippen LogP) is 3.57. The quantitative estimate of drug-likeness (QED) is 0.806. The normalized spacial score (nSPS) is 21.1. The molecule has 0 aromatic heterocycles. The number of hydrogen-bond acceptors (Lipinski definition) is 2. The number of nitrogens with zero attached hydrogens (tertiary/aromatic N) is 1. The number of likely N-dealkylation sites (tertiary alicyclic amines) is 1. The first kappa shape index (κ1) is 18.2. The van der Waals surface area contributed by atoms with Crippen LogP contribution in [0.1, 0.15) is 50.5 Å². The molecule has 0 unspecified atom stereocenters. The highest BCUT2D eigenvalue weighted by atomic mass is 35.5. The first-order valence-corrected chi connectivity index (χ1v) is 9.80. The summed E-state index contributed by atoms with van der Waals surface area (Å²) in [6, 6.07) is 8.21. The molecule has 0 spiro atoms. The summed E-state index contributed by atoms with van der Waals surface area (Å²) in [4.78, 5) is 26.3. The molecular weight excluding hydrogens is 336 g/mol. The molecule has 136 valence electrons. The van der Waals surface area contributed by atoms with E-state index in [0.29, 0.717) is 25.4 Å². The Morgan fingerprint density at radius 3 is 2.64 bits per heavy atom. The molecule has 2 aliphatic rings. The van der Waals surface area contributed by atoms with Crippen molar-refractivity contribution in [1.29, 1.82) is 0 Å². The van der Waals surface area contributed by atoms with Gasteiger partial charge in [-0.1, -0.05) is 36.6 Å². The van der Waals surface area contributed by atoms with Crippen LogP contribution in [0.2, 0.25) is 5.02 Å². The Bertz CT molecular complexity index is 596. The number of rotatable bonds is 7. The van der Waals surface area contributed by atoms with Crippen LogP contribution in [0.4, 0.5) is 0 Å². The topological polar surface area (TPSA) is 49.4 Å². The molecular formula is C20H27ClN2O2. The second-order valence-electron chi connectivity index (χ2n) is 7.34. The molecule has 1 N–H and O–H groups in total. The molecule has 2 fully saturated rings. The van der Waals surface area contributed by atoms with E-state index in [2.05, 4.69) is 10.2 Å². The summed E-state index contributed by atoms with van der Waals surface area (Å²) in [5, 5.41) is 3.75. The summed E-state index contributed by atoms with van der Waals surface area (Å²) in [6.45, 7) is 1.43. The van der Waals surface area contributed by atoms with Crippen molar-refractivity contribution in [2.24, 2.45) is 5.92 Å². The number of carbonyl (C=O) groups excluding carboxylic acids is 2. The molecule has 1 heterocycles. The molecule has 1 atom stereocenters. The molecule has 1 saturated carbocycles. The van der Waals surface area contributed by atoms with E-state index in [1.807, 2.05) is 24.3 Å². The molecule has 1 aromatic carbocycles. The number of carbonyl (C=O) groups is 2. The Hall–Kier alpha value is -1.55. The lowest BCUT2D eigenvalue weighted by molar-refractivity contribution is -0.129. The second kappa shape index (κ2) is 8.70. The zero-order valence-corrected chi connectivity index (χ0v) is 15.4. The standard InChI is InChI=1S/C20H27ClN2O2/c21-17-10-8-15(9-11-17)4-3-7-19(24)22-13-16-12-20(25)23(14-16)18-5-1-2-6-18/h8-11,16,18H,1-7,12-14H2,(H,22,24)/t16-/m0/s1. The van der Waals surface area contributed by atoms with Crippen molar-refractivity contribution in [2.45, 2.75) is 57.4 Å². The van der Waals surface area contributed by atoms with Crippen LogP contribution in [0, 0.1) is 5.92 Å². The number of halogens is 1. The van der Waals surface area contributed by atoms with Crippen LogP contribution in [0.5, 0.6) is 0 Å². The fourth-order valence-electron chi connectivity index (χ4n) is 3.96. The molecule has 0 radical (unpaired) electrons. The molecule has 2 amide bonds. The van der Waals surface area contributed by atoms with E-state index >= 15 is 0 Å². The van der Waals surface area contributed by atoms with Gasteiger partial charge in [-0.2, -0.15) is 0 Å². The van der Waals surface area contributed by atoms with Crippen molar-refractivity contribution in [3.63, 3.8) is 0 Å². The molecule has 1 aliphatic carbocycles. The Kier molecular flexibility index (Phi) is 6.35. The maximum absolute atomic E-state index is 12.2. The number of hydrogen-bond donors (Lipinski definition) is 1. The first-order valence-electron chi connectivity index (χ1n) is 9.42. The van der Waals surface area contributed by atoms with E-state index in [1.165, 1.54) is 18.4 Å². The van der Waals surface area contributed by atoms with Gasteiger partial charge in [0.1, 0.15) is 0 Å². The molecule has 4 nitrogen and oxygen atoms in total. The smallest absolute Gasteiger partial charge is 0.223 e. The zero-order valence-electron chi connectivity index (χ0n) is 14.7. The molecule has 1 aliphatic heterocycles. The van der Waals surface area contributed by atoms with E-state index in [-0.39, 0.29) is 17.7 Å². The van der Waals surface area contributed by atoms with Crippen LogP contribution < -0.4 is 5.32 Å². The minimum Gasteiger partial charge on any atom is -0.356 e. The Morgan fingerprint density at radius 2 is 1.92 bits per heavy atom. The van der Waals surface area contributed by atoms with Gasteiger partial charge in [-0.25, -0.2) is 0 Å². The maximum Gasteiger partial charge on any atom is 0.223 e. The summed E-state index contributed by atoms with van der Waals surface area (Å²) < 4.78 is 0. The minimum absolute atomic E-state index is 0.0840. The average molecular weight is 363 g/mol. The van der Waals surface area contributed by atoms with Crippen molar-refractivity contribution >= 4 is 23.4 Å². The minimum atomic E-state index is 0.0840. The zero-order chi connectivity index (χ0) is 17.6. The van der Waals surface area contributed by atoms with Crippen molar-refractivity contribution in [3.05, 3.63) is 34.9 Å².